The van der Waals surface area contributed by atoms with Gasteiger partial charge >= 0.3 is 0 Å². The maximum absolute atomic E-state index is 15.6. The average molecular weight is 497 g/mol. The number of aryl methyl sites for hydroxylation is 1. The summed E-state index contributed by atoms with van der Waals surface area (Å²) in [7, 11) is -3.29. The molecule has 6 aromatic carbocycles. The summed E-state index contributed by atoms with van der Waals surface area (Å²) in [5.41, 5.74) is 3.11. The summed E-state index contributed by atoms with van der Waals surface area (Å²) in [4.78, 5) is 0. The van der Waals surface area contributed by atoms with E-state index in [9.17, 15) is 0 Å². The van der Waals surface area contributed by atoms with Crippen LogP contribution in [0.5, 0.6) is 23.0 Å². The van der Waals surface area contributed by atoms with Crippen LogP contribution < -0.4 is 25.4 Å². The first-order valence-corrected chi connectivity index (χ1v) is 14.1. The van der Waals surface area contributed by atoms with Crippen LogP contribution in [-0.4, -0.2) is 0 Å². The molecule has 0 amide bonds. The molecule has 176 valence electrons. The van der Waals surface area contributed by atoms with E-state index in [0.29, 0.717) is 28.3 Å². The van der Waals surface area contributed by atoms with Crippen molar-refractivity contribution in [2.45, 2.75) is 6.92 Å². The zero-order chi connectivity index (χ0) is 24.7. The van der Waals surface area contributed by atoms with Gasteiger partial charge in [0.1, 0.15) is 28.3 Å². The molecule has 8 rings (SSSR count). The van der Waals surface area contributed by atoms with Gasteiger partial charge in [-0.25, -0.2) is 0 Å². The lowest BCUT2D eigenvalue weighted by molar-refractivity contribution is 0.462. The Hall–Kier alpha value is -4.33. The van der Waals surface area contributed by atoms with Crippen molar-refractivity contribution in [1.82, 2.24) is 0 Å². The largest absolute Gasteiger partial charge is 0.456 e. The Kier molecular flexibility index (Phi) is 4.14. The maximum atomic E-state index is 15.6. The van der Waals surface area contributed by atoms with Gasteiger partial charge in [-0.3, -0.25) is 0 Å². The van der Waals surface area contributed by atoms with Crippen LogP contribution in [0.3, 0.4) is 0 Å². The second-order valence-corrected chi connectivity index (χ2v) is 12.4. The zero-order valence-corrected chi connectivity index (χ0v) is 21.0. The number of hydrogen-bond acceptors (Lipinski definition) is 3. The summed E-state index contributed by atoms with van der Waals surface area (Å²) < 4.78 is 28.6. The summed E-state index contributed by atoms with van der Waals surface area (Å²) in [5, 5.41) is 6.43. The highest BCUT2D eigenvalue weighted by Crippen LogP contribution is 2.60. The number of benzene rings is 6. The molecular formula is C33H21O3P. The molecule has 1 unspecified atom stereocenters. The molecule has 0 radical (unpaired) electrons. The summed E-state index contributed by atoms with van der Waals surface area (Å²) in [5.74, 6) is 2.49. The third-order valence-electron chi connectivity index (χ3n) is 7.53. The van der Waals surface area contributed by atoms with Crippen LogP contribution in [0.2, 0.25) is 0 Å². The van der Waals surface area contributed by atoms with Gasteiger partial charge in [0.05, 0.1) is 10.6 Å². The van der Waals surface area contributed by atoms with Crippen LogP contribution >= 0.6 is 7.14 Å². The van der Waals surface area contributed by atoms with E-state index in [2.05, 4.69) is 42.5 Å². The van der Waals surface area contributed by atoms with Crippen molar-refractivity contribution in [3.05, 3.63) is 115 Å². The van der Waals surface area contributed by atoms with Crippen LogP contribution in [0.25, 0.3) is 32.7 Å². The molecule has 2 heterocycles. The second-order valence-electron chi connectivity index (χ2n) is 9.77. The lowest BCUT2D eigenvalue weighted by Crippen LogP contribution is -2.35. The van der Waals surface area contributed by atoms with Crippen LogP contribution in [-0.2, 0) is 4.57 Å². The van der Waals surface area contributed by atoms with Crippen molar-refractivity contribution in [1.29, 1.82) is 0 Å². The van der Waals surface area contributed by atoms with Crippen molar-refractivity contribution in [2.75, 3.05) is 0 Å². The summed E-state index contributed by atoms with van der Waals surface area (Å²) in [6, 6.07) is 36.7. The van der Waals surface area contributed by atoms with Crippen molar-refractivity contribution < 1.29 is 14.0 Å². The minimum atomic E-state index is -3.29. The number of hydrogen-bond donors (Lipinski definition) is 0. The van der Waals surface area contributed by atoms with E-state index < -0.39 is 7.14 Å². The van der Waals surface area contributed by atoms with Crippen molar-refractivity contribution in [3.63, 3.8) is 0 Å². The highest BCUT2D eigenvalue weighted by Gasteiger charge is 2.47. The van der Waals surface area contributed by atoms with E-state index in [1.807, 2.05) is 73.7 Å². The molecule has 0 aromatic heterocycles. The Balaban J connectivity index is 1.48. The Bertz CT molecular complexity index is 1980. The first-order valence-electron chi connectivity index (χ1n) is 12.4. The van der Waals surface area contributed by atoms with E-state index in [1.54, 1.807) is 0 Å². The minimum absolute atomic E-state index is 0.595. The van der Waals surface area contributed by atoms with Gasteiger partial charge in [-0.15, -0.1) is 0 Å². The first kappa shape index (κ1) is 20.8. The van der Waals surface area contributed by atoms with E-state index in [0.717, 1.165) is 48.8 Å². The van der Waals surface area contributed by atoms with Crippen LogP contribution in [0.15, 0.2) is 109 Å². The van der Waals surface area contributed by atoms with E-state index in [-0.39, 0.29) is 0 Å². The molecule has 6 aromatic rings. The Morgan fingerprint density at radius 1 is 0.568 bits per heavy atom. The van der Waals surface area contributed by atoms with E-state index in [1.165, 1.54) is 0 Å². The zero-order valence-electron chi connectivity index (χ0n) is 20.1. The highest BCUT2D eigenvalue weighted by molar-refractivity contribution is 7.86. The van der Waals surface area contributed by atoms with Crippen molar-refractivity contribution >= 4 is 44.6 Å². The molecule has 37 heavy (non-hydrogen) atoms. The molecular weight excluding hydrogens is 475 g/mol. The van der Waals surface area contributed by atoms with Crippen molar-refractivity contribution in [2.24, 2.45) is 0 Å². The number of rotatable bonds is 1. The van der Waals surface area contributed by atoms with Gasteiger partial charge in [0.15, 0.2) is 7.14 Å². The van der Waals surface area contributed by atoms with Gasteiger partial charge in [-0.2, -0.15) is 0 Å². The fourth-order valence-electron chi connectivity index (χ4n) is 5.88. The predicted molar refractivity (Wildman–Crippen MR) is 151 cm³/mol. The van der Waals surface area contributed by atoms with Gasteiger partial charge < -0.3 is 14.0 Å². The van der Waals surface area contributed by atoms with E-state index in [4.69, 9.17) is 9.47 Å². The maximum Gasteiger partial charge on any atom is 0.186 e. The molecule has 1 atom stereocenters. The van der Waals surface area contributed by atoms with Gasteiger partial charge in [-0.05, 0) is 75.5 Å². The molecule has 2 aliphatic rings. The molecule has 0 bridgehead atoms. The summed E-state index contributed by atoms with van der Waals surface area (Å²) >= 11 is 0. The molecule has 0 spiro atoms. The van der Waals surface area contributed by atoms with Crippen LogP contribution in [0, 0.1) is 6.92 Å². The fraction of sp³-hybridized carbons (Fsp3) is 0.0303. The molecule has 0 aliphatic carbocycles. The Morgan fingerprint density at radius 2 is 1.24 bits per heavy atom. The lowest BCUT2D eigenvalue weighted by Gasteiger charge is -2.35. The normalized spacial score (nSPS) is 16.9. The highest BCUT2D eigenvalue weighted by atomic mass is 31.2. The van der Waals surface area contributed by atoms with Crippen LogP contribution in [0.1, 0.15) is 5.56 Å². The number of ether oxygens (including phenoxy) is 2. The first-order chi connectivity index (χ1) is 18.1. The van der Waals surface area contributed by atoms with Gasteiger partial charge in [0.25, 0.3) is 0 Å². The third kappa shape index (κ3) is 2.81. The fourth-order valence-corrected chi connectivity index (χ4v) is 9.10. The number of fused-ring (bicyclic) bond motifs is 7. The smallest absolute Gasteiger partial charge is 0.186 e. The lowest BCUT2D eigenvalue weighted by atomic mass is 9.98. The predicted octanol–water partition coefficient (Wildman–Crippen LogP) is 7.82. The Labute approximate surface area is 214 Å². The Morgan fingerprint density at radius 3 is 2.05 bits per heavy atom. The van der Waals surface area contributed by atoms with Gasteiger partial charge in [0.2, 0.25) is 0 Å². The van der Waals surface area contributed by atoms with Crippen molar-refractivity contribution in [3.8, 4) is 34.1 Å². The van der Waals surface area contributed by atoms with Crippen LogP contribution in [0.4, 0.5) is 0 Å². The molecule has 3 nitrogen and oxygen atoms in total. The molecule has 0 fully saturated rings. The average Bonchev–Trinajstić information content (AvgIpc) is 2.92. The molecule has 0 saturated heterocycles. The van der Waals surface area contributed by atoms with Gasteiger partial charge in [-0.1, -0.05) is 78.9 Å². The molecule has 0 saturated carbocycles. The quantitative estimate of drug-likeness (QED) is 0.217. The summed E-state index contributed by atoms with van der Waals surface area (Å²) in [6.07, 6.45) is 0. The monoisotopic (exact) mass is 496 g/mol. The molecule has 4 heteroatoms. The third-order valence-corrected chi connectivity index (χ3v) is 10.7. The van der Waals surface area contributed by atoms with E-state index >= 15 is 4.57 Å². The molecule has 0 N–H and O–H groups in total. The minimum Gasteiger partial charge on any atom is -0.456 e. The molecule has 2 aliphatic heterocycles. The standard InChI is InChI=1S/C33H21O3P/c1-20-13-16-31-28(17-20)36-30-19-23(25-12-6-9-21-7-2-4-10-24(21)25)18-29-33(30)37(31,34)32-26-11-5-3-8-22(26)14-15-27(32)35-29/h2-19H,1H3. The summed E-state index contributed by atoms with van der Waals surface area (Å²) in [6.45, 7) is 2.03. The SMILES string of the molecule is Cc1ccc2c(c1)Oc1cc(-c3cccc4ccccc34)cc3c1P2(=O)c1c(ccc2ccccc12)O3. The van der Waals surface area contributed by atoms with Gasteiger partial charge in [0, 0.05) is 0 Å². The topological polar surface area (TPSA) is 35.5 Å². The second kappa shape index (κ2) is 7.35.